The van der Waals surface area contributed by atoms with Crippen LogP contribution in [0.4, 0.5) is 5.69 Å². The molecule has 2 aromatic heterocycles. The zero-order valence-electron chi connectivity index (χ0n) is 14.4. The summed E-state index contributed by atoms with van der Waals surface area (Å²) in [5.74, 6) is -0.202. The van der Waals surface area contributed by atoms with Gasteiger partial charge in [0.05, 0.1) is 27.2 Å². The van der Waals surface area contributed by atoms with Crippen molar-refractivity contribution in [3.8, 4) is 0 Å². The highest BCUT2D eigenvalue weighted by Gasteiger charge is 2.14. The van der Waals surface area contributed by atoms with Gasteiger partial charge in [-0.25, -0.2) is 9.97 Å². The van der Waals surface area contributed by atoms with E-state index in [2.05, 4.69) is 20.6 Å². The van der Waals surface area contributed by atoms with Gasteiger partial charge in [0.1, 0.15) is 11.4 Å². The molecule has 0 atom stereocenters. The van der Waals surface area contributed by atoms with Crippen molar-refractivity contribution in [2.24, 2.45) is 0 Å². The molecule has 0 bridgehead atoms. The normalized spacial score (nSPS) is 10.9. The highest BCUT2D eigenvalue weighted by Crippen LogP contribution is 2.28. The van der Waals surface area contributed by atoms with Gasteiger partial charge in [-0.3, -0.25) is 9.59 Å². The van der Waals surface area contributed by atoms with Crippen LogP contribution in [0.1, 0.15) is 24.2 Å². The fourth-order valence-corrected chi connectivity index (χ4v) is 4.07. The van der Waals surface area contributed by atoms with Crippen LogP contribution in [0, 0.1) is 0 Å². The van der Waals surface area contributed by atoms with E-state index in [0.29, 0.717) is 11.3 Å². The van der Waals surface area contributed by atoms with Crippen molar-refractivity contribution in [1.82, 2.24) is 15.3 Å². The van der Waals surface area contributed by atoms with Crippen LogP contribution >= 0.6 is 23.1 Å². The molecule has 0 spiro atoms. The van der Waals surface area contributed by atoms with Crippen molar-refractivity contribution in [2.45, 2.75) is 24.9 Å². The number of nitrogens with one attached hydrogen (secondary N) is 2. The van der Waals surface area contributed by atoms with Crippen LogP contribution in [-0.4, -0.2) is 33.6 Å². The Morgan fingerprint density at radius 2 is 2.00 bits per heavy atom. The number of carbonyl (C=O) groups excluding carboxylic acids is 2. The van der Waals surface area contributed by atoms with Crippen molar-refractivity contribution in [3.63, 3.8) is 0 Å². The van der Waals surface area contributed by atoms with Gasteiger partial charge in [0.2, 0.25) is 5.91 Å². The molecule has 0 saturated carbocycles. The highest BCUT2D eigenvalue weighted by molar-refractivity contribution is 8.00. The van der Waals surface area contributed by atoms with Gasteiger partial charge in [-0.2, -0.15) is 0 Å². The van der Waals surface area contributed by atoms with E-state index in [4.69, 9.17) is 0 Å². The van der Waals surface area contributed by atoms with E-state index in [0.717, 1.165) is 15.2 Å². The van der Waals surface area contributed by atoms with E-state index in [1.54, 1.807) is 35.6 Å². The predicted molar refractivity (Wildman–Crippen MR) is 106 cm³/mol. The minimum Gasteiger partial charge on any atom is -0.350 e. The molecule has 3 aromatic rings. The van der Waals surface area contributed by atoms with Crippen molar-refractivity contribution >= 4 is 50.8 Å². The summed E-state index contributed by atoms with van der Waals surface area (Å²) >= 11 is 2.90. The van der Waals surface area contributed by atoms with Crippen LogP contribution in [-0.2, 0) is 4.79 Å². The second kappa shape index (κ2) is 8.29. The summed E-state index contributed by atoms with van der Waals surface area (Å²) in [6.45, 7) is 3.78. The molecule has 0 aliphatic carbocycles. The van der Waals surface area contributed by atoms with Gasteiger partial charge in [-0.05, 0) is 37.4 Å². The molecule has 8 heteroatoms. The lowest BCUT2D eigenvalue weighted by atomic mass is 10.1. The second-order valence-corrected chi connectivity index (χ2v) is 7.70. The number of fused-ring (bicyclic) bond motifs is 1. The lowest BCUT2D eigenvalue weighted by Gasteiger charge is -2.13. The third-order valence-electron chi connectivity index (χ3n) is 3.42. The minimum absolute atomic E-state index is 0.0211. The van der Waals surface area contributed by atoms with Gasteiger partial charge >= 0.3 is 0 Å². The van der Waals surface area contributed by atoms with Crippen molar-refractivity contribution in [3.05, 3.63) is 47.6 Å². The van der Waals surface area contributed by atoms with E-state index in [1.807, 2.05) is 25.3 Å². The van der Waals surface area contributed by atoms with Crippen LogP contribution < -0.4 is 10.6 Å². The number of amides is 2. The van der Waals surface area contributed by atoms with E-state index < -0.39 is 0 Å². The molecule has 0 aliphatic heterocycles. The lowest BCUT2D eigenvalue weighted by molar-refractivity contribution is -0.113. The predicted octanol–water partition coefficient (Wildman–Crippen LogP) is 3.56. The summed E-state index contributed by atoms with van der Waals surface area (Å²) < 4.78 is 0.974. The van der Waals surface area contributed by atoms with Crippen molar-refractivity contribution in [1.29, 1.82) is 0 Å². The van der Waals surface area contributed by atoms with Gasteiger partial charge in [-0.15, -0.1) is 11.3 Å². The summed E-state index contributed by atoms with van der Waals surface area (Å²) in [7, 11) is 0. The molecule has 134 valence electrons. The van der Waals surface area contributed by atoms with E-state index in [9.17, 15) is 9.59 Å². The summed E-state index contributed by atoms with van der Waals surface area (Å²) in [4.78, 5) is 33.1. The highest BCUT2D eigenvalue weighted by atomic mass is 32.2. The number of benzene rings is 1. The molecule has 2 heterocycles. The van der Waals surface area contributed by atoms with Crippen LogP contribution in [0.3, 0.4) is 0 Å². The number of nitrogens with zero attached hydrogens (tertiary/aromatic N) is 2. The molecule has 0 saturated heterocycles. The smallest absolute Gasteiger partial charge is 0.253 e. The van der Waals surface area contributed by atoms with Gasteiger partial charge in [-0.1, -0.05) is 23.9 Å². The quantitative estimate of drug-likeness (QED) is 0.500. The molecule has 0 fully saturated rings. The van der Waals surface area contributed by atoms with Crippen LogP contribution in [0.25, 0.3) is 10.2 Å². The molecule has 26 heavy (non-hydrogen) atoms. The Bertz CT molecular complexity index is 940. The molecular formula is C18H18N4O2S2. The average Bonchev–Trinajstić information content (AvgIpc) is 3.09. The molecule has 2 N–H and O–H groups in total. The summed E-state index contributed by atoms with van der Waals surface area (Å²) in [5, 5.41) is 8.39. The third-order valence-corrected chi connectivity index (χ3v) is 5.45. The van der Waals surface area contributed by atoms with Crippen molar-refractivity contribution in [2.75, 3.05) is 11.1 Å². The molecule has 0 aliphatic rings. The number of thiophene rings is 1. The van der Waals surface area contributed by atoms with Crippen LogP contribution in [0.5, 0.6) is 0 Å². The zero-order valence-corrected chi connectivity index (χ0v) is 16.0. The Hall–Kier alpha value is -2.45. The molecule has 6 nitrogen and oxygen atoms in total. The van der Waals surface area contributed by atoms with Crippen LogP contribution in [0.15, 0.2) is 47.1 Å². The Labute approximate surface area is 159 Å². The average molecular weight is 387 g/mol. The lowest BCUT2D eigenvalue weighted by Crippen LogP contribution is -2.31. The summed E-state index contributed by atoms with van der Waals surface area (Å²) in [5.41, 5.74) is 1.83. The maximum absolute atomic E-state index is 12.4. The Balaban J connectivity index is 1.67. The van der Waals surface area contributed by atoms with Gasteiger partial charge < -0.3 is 10.6 Å². The minimum atomic E-state index is -0.209. The monoisotopic (exact) mass is 386 g/mol. The number of anilines is 1. The van der Waals surface area contributed by atoms with E-state index >= 15 is 0 Å². The number of rotatable bonds is 6. The molecule has 0 radical (unpaired) electrons. The SMILES string of the molecule is CC(C)NC(=O)c1ccccc1NC(=O)CSc1ncnc2ccsc12. The topological polar surface area (TPSA) is 84.0 Å². The standard InChI is InChI=1S/C18H18N4O2S2/c1-11(2)21-17(24)12-5-3-4-6-13(12)22-15(23)9-26-18-16-14(7-8-25-16)19-10-20-18/h3-8,10-11H,9H2,1-2H3,(H,21,24)(H,22,23). The fourth-order valence-electron chi connectivity index (χ4n) is 2.32. The Morgan fingerprint density at radius 1 is 1.19 bits per heavy atom. The number of thioether (sulfide) groups is 1. The first kappa shape index (κ1) is 18.3. The Morgan fingerprint density at radius 3 is 2.81 bits per heavy atom. The number of hydrogen-bond donors (Lipinski definition) is 2. The first-order valence-corrected chi connectivity index (χ1v) is 9.92. The third kappa shape index (κ3) is 4.39. The molecule has 0 unspecified atom stereocenters. The molecule has 1 aromatic carbocycles. The van der Waals surface area contributed by atoms with Crippen LogP contribution in [0.2, 0.25) is 0 Å². The van der Waals surface area contributed by atoms with Gasteiger partial charge in [0, 0.05) is 6.04 Å². The number of para-hydroxylation sites is 1. The maximum Gasteiger partial charge on any atom is 0.253 e. The first-order valence-electron chi connectivity index (χ1n) is 8.05. The van der Waals surface area contributed by atoms with E-state index in [-0.39, 0.29) is 23.6 Å². The molecule has 2 amide bonds. The summed E-state index contributed by atoms with van der Waals surface area (Å²) in [6.07, 6.45) is 1.50. The molecular weight excluding hydrogens is 368 g/mol. The zero-order chi connectivity index (χ0) is 18.5. The number of hydrogen-bond acceptors (Lipinski definition) is 6. The Kier molecular flexibility index (Phi) is 5.85. The van der Waals surface area contributed by atoms with E-state index in [1.165, 1.54) is 18.1 Å². The number of carbonyl (C=O) groups is 2. The van der Waals surface area contributed by atoms with Gasteiger partial charge in [0.15, 0.2) is 0 Å². The molecule has 3 rings (SSSR count). The maximum atomic E-state index is 12.4. The second-order valence-electron chi connectivity index (χ2n) is 5.82. The fraction of sp³-hybridized carbons (Fsp3) is 0.222. The largest absolute Gasteiger partial charge is 0.350 e. The van der Waals surface area contributed by atoms with Gasteiger partial charge in [0.25, 0.3) is 5.91 Å². The van der Waals surface area contributed by atoms with Crippen molar-refractivity contribution < 1.29 is 9.59 Å². The number of aromatic nitrogens is 2. The summed E-state index contributed by atoms with van der Waals surface area (Å²) in [6, 6.07) is 8.92. The first-order chi connectivity index (χ1) is 12.5.